The van der Waals surface area contributed by atoms with E-state index in [4.69, 9.17) is 16.6 Å². The summed E-state index contributed by atoms with van der Waals surface area (Å²) in [5.41, 5.74) is 1.39. The molecule has 0 fully saturated rings. The Balaban J connectivity index is 1.99. The molecule has 2 aromatic carbocycles. The third-order valence-electron chi connectivity index (χ3n) is 3.86. The van der Waals surface area contributed by atoms with Gasteiger partial charge < -0.3 is 0 Å². The summed E-state index contributed by atoms with van der Waals surface area (Å²) < 4.78 is 0. The summed E-state index contributed by atoms with van der Waals surface area (Å²) in [6, 6.07) is 15.1. The van der Waals surface area contributed by atoms with E-state index >= 15 is 0 Å². The molecule has 0 saturated carbocycles. The first kappa shape index (κ1) is 15.2. The predicted molar refractivity (Wildman–Crippen MR) is 95.8 cm³/mol. The van der Waals surface area contributed by atoms with E-state index in [1.54, 1.807) is 5.01 Å². The van der Waals surface area contributed by atoms with Crippen molar-refractivity contribution in [1.29, 1.82) is 0 Å². The lowest BCUT2D eigenvalue weighted by Crippen LogP contribution is -2.50. The fraction of sp³-hybridized carbons (Fsp3) is 0.118. The molecule has 1 atom stereocenters. The SMILES string of the molecule is CSC1=NN2C(=c3ccccc3=N[C@H]2c2cccc(Cl)c2)C(=O)N1. The molecule has 0 unspecified atom stereocenters. The number of benzene rings is 2. The van der Waals surface area contributed by atoms with Crippen LogP contribution in [-0.2, 0) is 4.79 Å². The average Bonchev–Trinajstić information content (AvgIpc) is 2.60. The van der Waals surface area contributed by atoms with Gasteiger partial charge in [-0.2, -0.15) is 0 Å². The van der Waals surface area contributed by atoms with Crippen LogP contribution in [-0.4, -0.2) is 22.3 Å². The van der Waals surface area contributed by atoms with Gasteiger partial charge in [0.2, 0.25) is 0 Å². The number of halogens is 1. The van der Waals surface area contributed by atoms with E-state index in [9.17, 15) is 4.79 Å². The highest BCUT2D eigenvalue weighted by Crippen LogP contribution is 2.31. The number of amides is 1. The number of rotatable bonds is 1. The van der Waals surface area contributed by atoms with E-state index in [1.807, 2.05) is 54.8 Å². The molecule has 2 aliphatic rings. The van der Waals surface area contributed by atoms with E-state index < -0.39 is 6.17 Å². The molecule has 1 amide bonds. The van der Waals surface area contributed by atoms with Crippen molar-refractivity contribution in [2.75, 3.05) is 6.26 Å². The number of nitrogens with one attached hydrogen (secondary N) is 1. The number of hydrogen-bond donors (Lipinski definition) is 1. The smallest absolute Gasteiger partial charge is 0.276 e. The molecule has 2 heterocycles. The standard InChI is InChI=1S/C17H13ClN4OS/c1-24-17-20-16(23)14-12-7-2-3-8-13(12)19-15(22(14)21-17)10-5-4-6-11(18)9-10/h2-9,15H,1H3,(H,20,21,23)/t15-/m1/s1. The maximum absolute atomic E-state index is 12.7. The minimum atomic E-state index is -0.429. The predicted octanol–water partition coefficient (Wildman–Crippen LogP) is 1.85. The first-order valence-corrected chi connectivity index (χ1v) is 8.93. The van der Waals surface area contributed by atoms with Crippen LogP contribution < -0.4 is 15.9 Å². The Kier molecular flexibility index (Phi) is 3.78. The first-order chi connectivity index (χ1) is 11.7. The van der Waals surface area contributed by atoms with Crippen molar-refractivity contribution < 1.29 is 4.79 Å². The zero-order chi connectivity index (χ0) is 16.7. The Hall–Kier alpha value is -2.31. The van der Waals surface area contributed by atoms with E-state index in [-0.39, 0.29) is 5.91 Å². The van der Waals surface area contributed by atoms with Crippen molar-refractivity contribution in [3.8, 4) is 0 Å². The second-order valence-corrected chi connectivity index (χ2v) is 6.56. The minimum absolute atomic E-state index is 0.177. The molecule has 4 rings (SSSR count). The third-order valence-corrected chi connectivity index (χ3v) is 4.66. The van der Waals surface area contributed by atoms with Crippen molar-refractivity contribution >= 4 is 40.1 Å². The lowest BCUT2D eigenvalue weighted by Gasteiger charge is -2.33. The van der Waals surface area contributed by atoms with Crippen LogP contribution in [0, 0.1) is 0 Å². The van der Waals surface area contributed by atoms with Gasteiger partial charge in [0.25, 0.3) is 5.91 Å². The van der Waals surface area contributed by atoms with Crippen LogP contribution in [0.25, 0.3) is 5.70 Å². The first-order valence-electron chi connectivity index (χ1n) is 7.33. The normalized spacial score (nSPS) is 19.0. The number of hydrogen-bond acceptors (Lipinski definition) is 5. The van der Waals surface area contributed by atoms with Crippen LogP contribution in [0.1, 0.15) is 11.7 Å². The van der Waals surface area contributed by atoms with E-state index in [2.05, 4.69) is 10.4 Å². The number of amidine groups is 1. The van der Waals surface area contributed by atoms with Gasteiger partial charge in [0.1, 0.15) is 5.70 Å². The molecule has 0 aromatic heterocycles. The molecule has 0 bridgehead atoms. The van der Waals surface area contributed by atoms with E-state index in [0.29, 0.717) is 15.9 Å². The van der Waals surface area contributed by atoms with Crippen LogP contribution in [0.4, 0.5) is 0 Å². The quantitative estimate of drug-likeness (QED) is 0.848. The molecule has 0 saturated heterocycles. The van der Waals surface area contributed by atoms with Crippen LogP contribution in [0.2, 0.25) is 5.02 Å². The van der Waals surface area contributed by atoms with Gasteiger partial charge in [0.05, 0.1) is 5.36 Å². The number of thioether (sulfide) groups is 1. The van der Waals surface area contributed by atoms with Crippen LogP contribution in [0.3, 0.4) is 0 Å². The van der Waals surface area contributed by atoms with Gasteiger partial charge in [-0.15, -0.1) is 5.10 Å². The van der Waals surface area contributed by atoms with Crippen molar-refractivity contribution in [2.45, 2.75) is 6.17 Å². The Morgan fingerprint density at radius 2 is 2.04 bits per heavy atom. The summed E-state index contributed by atoms with van der Waals surface area (Å²) in [6.45, 7) is 0. The maximum Gasteiger partial charge on any atom is 0.276 e. The molecule has 0 aliphatic carbocycles. The highest BCUT2D eigenvalue weighted by atomic mass is 35.5. The zero-order valence-corrected chi connectivity index (χ0v) is 14.3. The molecule has 0 radical (unpaired) electrons. The number of fused-ring (bicyclic) bond motifs is 2. The van der Waals surface area contributed by atoms with Crippen molar-refractivity contribution in [2.24, 2.45) is 10.1 Å². The Bertz CT molecular complexity index is 988. The van der Waals surface area contributed by atoms with Crippen molar-refractivity contribution in [1.82, 2.24) is 10.3 Å². The van der Waals surface area contributed by atoms with Crippen molar-refractivity contribution in [3.05, 3.63) is 69.7 Å². The number of nitrogens with zero attached hydrogens (tertiary/aromatic N) is 3. The fourth-order valence-corrected chi connectivity index (χ4v) is 3.37. The number of carbonyl (C=O) groups is 1. The lowest BCUT2D eigenvalue weighted by molar-refractivity contribution is -0.116. The molecular weight excluding hydrogens is 344 g/mol. The van der Waals surface area contributed by atoms with Gasteiger partial charge in [-0.1, -0.05) is 53.7 Å². The molecule has 5 nitrogen and oxygen atoms in total. The van der Waals surface area contributed by atoms with Gasteiger partial charge in [-0.25, -0.2) is 5.01 Å². The second kappa shape index (κ2) is 5.96. The summed E-state index contributed by atoms with van der Waals surface area (Å²) in [5, 5.41) is 11.8. The topological polar surface area (TPSA) is 57.1 Å². The maximum atomic E-state index is 12.7. The summed E-state index contributed by atoms with van der Waals surface area (Å²) >= 11 is 7.52. The van der Waals surface area contributed by atoms with Crippen LogP contribution >= 0.6 is 23.4 Å². The van der Waals surface area contributed by atoms with Gasteiger partial charge in [0.15, 0.2) is 11.3 Å². The second-order valence-electron chi connectivity index (χ2n) is 5.33. The zero-order valence-electron chi connectivity index (χ0n) is 12.7. The highest BCUT2D eigenvalue weighted by Gasteiger charge is 2.34. The summed E-state index contributed by atoms with van der Waals surface area (Å²) in [5.74, 6) is -0.177. The number of para-hydroxylation sites is 1. The molecule has 24 heavy (non-hydrogen) atoms. The monoisotopic (exact) mass is 356 g/mol. The summed E-state index contributed by atoms with van der Waals surface area (Å²) in [6.07, 6.45) is 1.44. The van der Waals surface area contributed by atoms with Gasteiger partial charge in [-0.05, 0) is 30.0 Å². The summed E-state index contributed by atoms with van der Waals surface area (Å²) in [7, 11) is 0. The van der Waals surface area contributed by atoms with Crippen LogP contribution in [0.15, 0.2) is 58.6 Å². The highest BCUT2D eigenvalue weighted by molar-refractivity contribution is 8.13. The molecular formula is C17H13ClN4OS. The number of hydrazone groups is 1. The molecule has 2 aromatic rings. The molecule has 0 spiro atoms. The van der Waals surface area contributed by atoms with Gasteiger partial charge in [-0.3, -0.25) is 15.1 Å². The van der Waals surface area contributed by atoms with Crippen LogP contribution in [0.5, 0.6) is 0 Å². The Labute approximate surface area is 147 Å². The van der Waals surface area contributed by atoms with Gasteiger partial charge >= 0.3 is 0 Å². The lowest BCUT2D eigenvalue weighted by atomic mass is 10.1. The molecule has 120 valence electrons. The largest absolute Gasteiger partial charge is 0.298 e. The minimum Gasteiger partial charge on any atom is -0.298 e. The Morgan fingerprint density at radius 3 is 2.83 bits per heavy atom. The molecule has 7 heteroatoms. The Morgan fingerprint density at radius 1 is 1.21 bits per heavy atom. The van der Waals surface area contributed by atoms with E-state index in [0.717, 1.165) is 16.1 Å². The van der Waals surface area contributed by atoms with E-state index in [1.165, 1.54) is 11.8 Å². The average molecular weight is 357 g/mol. The third kappa shape index (κ3) is 2.48. The number of carbonyl (C=O) groups excluding carboxylic acids is 1. The van der Waals surface area contributed by atoms with Crippen molar-refractivity contribution in [3.63, 3.8) is 0 Å². The summed E-state index contributed by atoms with van der Waals surface area (Å²) in [4.78, 5) is 17.4. The van der Waals surface area contributed by atoms with Gasteiger partial charge in [0, 0.05) is 10.2 Å². The fourth-order valence-electron chi connectivity index (χ4n) is 2.80. The molecule has 1 N–H and O–H groups in total. The molecule has 2 aliphatic heterocycles.